The molecule has 0 saturated carbocycles. The second-order valence-electron chi connectivity index (χ2n) is 28.3. The topological polar surface area (TPSA) is 122 Å². The van der Waals surface area contributed by atoms with E-state index in [0.29, 0.717) is 34.9 Å². The number of benzene rings is 14. The molecule has 0 N–H and O–H groups in total. The molecule has 0 bridgehead atoms. The zero-order valence-corrected chi connectivity index (χ0v) is 62.6. The molecule has 1 aliphatic heterocycles. The van der Waals surface area contributed by atoms with E-state index in [4.69, 9.17) is 39.2 Å². The van der Waals surface area contributed by atoms with Crippen molar-refractivity contribution in [1.29, 1.82) is 0 Å². The van der Waals surface area contributed by atoms with Crippen molar-refractivity contribution in [3.63, 3.8) is 0 Å². The summed E-state index contributed by atoms with van der Waals surface area (Å²) in [4.78, 5) is 38.0. The lowest BCUT2D eigenvalue weighted by Gasteiger charge is -2.32. The average molecular weight is 1480 g/mol. The first-order chi connectivity index (χ1) is 53.8. The van der Waals surface area contributed by atoms with E-state index in [1.54, 1.807) is 0 Å². The van der Waals surface area contributed by atoms with Crippen molar-refractivity contribution in [2.75, 3.05) is 0 Å². The average Bonchev–Trinajstić information content (AvgIpc) is 1.57. The predicted molar refractivity (Wildman–Crippen MR) is 455 cm³/mol. The third-order valence-electron chi connectivity index (χ3n) is 20.6. The van der Waals surface area contributed by atoms with Crippen LogP contribution in [0.15, 0.2) is 369 Å². The molecule has 1 saturated heterocycles. The van der Waals surface area contributed by atoms with Gasteiger partial charge in [0.1, 0.15) is 0 Å². The Kier molecular flexibility index (Phi) is 19.5. The summed E-state index contributed by atoms with van der Waals surface area (Å²) in [7, 11) is -0.325. The number of hydrogen-bond donors (Lipinski definition) is 0. The van der Waals surface area contributed by atoms with Gasteiger partial charge in [-0.25, -0.2) is 29.9 Å². The van der Waals surface area contributed by atoms with Crippen LogP contribution in [0.1, 0.15) is 27.7 Å². The van der Waals surface area contributed by atoms with Crippen LogP contribution in [0.4, 0.5) is 0 Å². The van der Waals surface area contributed by atoms with Crippen LogP contribution in [-0.4, -0.2) is 58.2 Å². The van der Waals surface area contributed by atoms with Crippen LogP contribution in [0, 0.1) is 0 Å². The van der Waals surface area contributed by atoms with E-state index in [9.17, 15) is 0 Å². The van der Waals surface area contributed by atoms with Gasteiger partial charge in [0.05, 0.1) is 11.2 Å². The number of aromatic nitrogens is 8. The molecule has 0 spiro atoms. The zero-order chi connectivity index (χ0) is 74.6. The molecule has 0 radical (unpaired) electrons. The van der Waals surface area contributed by atoms with Crippen molar-refractivity contribution in [1.82, 2.24) is 39.9 Å². The standard InChI is InChI=1S/C46H30N4.C33H22BrN3.C19H20BNO2/c1-3-8-31(9-4-1)32-14-19-36(20-15-32)45-48-44(35-10-5-2-6-11-35)49-46(50-45)37-21-16-33(17-22-37)38-12-7-13-39(28-38)40-24-25-42-41(29-40)23-18-34-26-27-47-30-43(34)42;34-30-13-7-12-29(22-30)25-16-20-28(21-17-25)33-36-31(26-10-5-2-6-11-26)35-32(37-33)27-18-14-24(15-19-27)23-8-3-1-4-9-23;1-18(2)19(3,4)23-20(22-18)15-7-8-16-14(11-15)6-5-13-9-10-21-12-17(13)16/h1-30H;1-22H;5-12H,1-4H3. The monoisotopic (exact) mass is 1480 g/mol. The maximum atomic E-state index is 6.15. The lowest BCUT2D eigenvalue weighted by Crippen LogP contribution is -2.41. The summed E-state index contributed by atoms with van der Waals surface area (Å²) in [5.74, 6) is 3.89. The van der Waals surface area contributed by atoms with Gasteiger partial charge < -0.3 is 9.31 Å². The van der Waals surface area contributed by atoms with Gasteiger partial charge in [-0.2, -0.15) is 0 Å². The summed E-state index contributed by atoms with van der Waals surface area (Å²) < 4.78 is 13.4. The first kappa shape index (κ1) is 69.9. The number of hydrogen-bond acceptors (Lipinski definition) is 10. The summed E-state index contributed by atoms with van der Waals surface area (Å²) in [6.07, 6.45) is 7.54. The number of halogens is 1. The Hall–Kier alpha value is -13.1. The number of fused-ring (bicyclic) bond motifs is 6. The van der Waals surface area contributed by atoms with Gasteiger partial charge in [0.2, 0.25) is 0 Å². The van der Waals surface area contributed by atoms with Crippen LogP contribution in [-0.2, 0) is 9.31 Å². The van der Waals surface area contributed by atoms with E-state index in [-0.39, 0.29) is 18.3 Å². The minimum Gasteiger partial charge on any atom is -0.399 e. The molecule has 18 aromatic rings. The number of rotatable bonds is 12. The Balaban J connectivity index is 0.000000129. The molecular formula is C98H72BBrN8O2. The maximum Gasteiger partial charge on any atom is 0.494 e. The maximum absolute atomic E-state index is 6.15. The lowest BCUT2D eigenvalue weighted by atomic mass is 9.78. The third kappa shape index (κ3) is 15.0. The fourth-order valence-corrected chi connectivity index (χ4v) is 14.3. The van der Waals surface area contributed by atoms with Crippen LogP contribution in [0.3, 0.4) is 0 Å². The molecule has 1 aliphatic rings. The molecule has 0 aliphatic carbocycles. The van der Waals surface area contributed by atoms with E-state index in [0.717, 1.165) is 76.7 Å². The van der Waals surface area contributed by atoms with Crippen molar-refractivity contribution >= 4 is 71.6 Å². The van der Waals surface area contributed by atoms with E-state index in [1.165, 1.54) is 65.3 Å². The van der Waals surface area contributed by atoms with Crippen molar-refractivity contribution in [2.24, 2.45) is 0 Å². The van der Waals surface area contributed by atoms with Crippen molar-refractivity contribution in [3.8, 4) is 124 Å². The van der Waals surface area contributed by atoms with Crippen LogP contribution < -0.4 is 5.46 Å². The van der Waals surface area contributed by atoms with Crippen LogP contribution >= 0.6 is 15.9 Å². The largest absolute Gasteiger partial charge is 0.494 e. The fourth-order valence-electron chi connectivity index (χ4n) is 13.9. The Morgan fingerprint density at radius 1 is 0.236 bits per heavy atom. The summed E-state index contributed by atoms with van der Waals surface area (Å²) in [5.41, 5.74) is 17.7. The van der Waals surface area contributed by atoms with Gasteiger partial charge in [0.15, 0.2) is 34.9 Å². The predicted octanol–water partition coefficient (Wildman–Crippen LogP) is 24.2. The highest BCUT2D eigenvalue weighted by atomic mass is 79.9. The van der Waals surface area contributed by atoms with Crippen molar-refractivity contribution in [3.05, 3.63) is 369 Å². The molecule has 1 fully saturated rings. The number of pyridine rings is 2. The van der Waals surface area contributed by atoms with Gasteiger partial charge in [-0.15, -0.1) is 0 Å². The minimum absolute atomic E-state index is 0.320. The second kappa shape index (κ2) is 30.6. The summed E-state index contributed by atoms with van der Waals surface area (Å²) in [5, 5.41) is 9.55. The van der Waals surface area contributed by atoms with Crippen molar-refractivity contribution in [2.45, 2.75) is 38.9 Å². The van der Waals surface area contributed by atoms with E-state index < -0.39 is 0 Å². The molecule has 19 rings (SSSR count). The molecular weight excluding hydrogens is 1410 g/mol. The quantitative estimate of drug-likeness (QED) is 0.0863. The van der Waals surface area contributed by atoms with Gasteiger partial charge in [-0.1, -0.05) is 319 Å². The van der Waals surface area contributed by atoms with E-state index in [2.05, 4.69) is 302 Å². The smallest absolute Gasteiger partial charge is 0.399 e. The minimum atomic E-state index is -0.325. The van der Waals surface area contributed by atoms with Gasteiger partial charge >= 0.3 is 7.12 Å². The highest BCUT2D eigenvalue weighted by Crippen LogP contribution is 2.39. The van der Waals surface area contributed by atoms with Crippen LogP contribution in [0.5, 0.6) is 0 Å². The highest BCUT2D eigenvalue weighted by molar-refractivity contribution is 9.10. The first-order valence-corrected chi connectivity index (χ1v) is 37.6. The Bertz CT molecular complexity index is 6320. The third-order valence-corrected chi connectivity index (χ3v) is 21.1. The van der Waals surface area contributed by atoms with E-state index >= 15 is 0 Å². The van der Waals surface area contributed by atoms with Gasteiger partial charge in [0.25, 0.3) is 0 Å². The van der Waals surface area contributed by atoms with Gasteiger partial charge in [-0.05, 0) is 158 Å². The Morgan fingerprint density at radius 2 is 0.518 bits per heavy atom. The molecule has 526 valence electrons. The Morgan fingerprint density at radius 3 is 0.918 bits per heavy atom. The second-order valence-corrected chi connectivity index (χ2v) is 29.2. The Labute approximate surface area is 648 Å². The number of nitrogens with zero attached hydrogens (tertiary/aromatic N) is 8. The highest BCUT2D eigenvalue weighted by Gasteiger charge is 2.51. The lowest BCUT2D eigenvalue weighted by molar-refractivity contribution is 0.00578. The van der Waals surface area contributed by atoms with Crippen LogP contribution in [0.25, 0.3) is 167 Å². The summed E-state index contributed by atoms with van der Waals surface area (Å²) >= 11 is 3.56. The SMILES string of the molecule is Brc1cccc(-c2ccc(-c3nc(-c4ccccc4)nc(-c4ccc(-c5ccccc5)cc4)n3)cc2)c1.CC1(C)OB(c2ccc3c(ccc4ccncc43)c2)OC1(C)C.c1ccc(-c2ccc(-c3nc(-c4ccccc4)nc(-c4ccc(-c5cccc(-c6ccc7c(ccc8ccncc87)c6)c5)cc4)n3)cc2)cc1. The molecule has 4 aromatic heterocycles. The van der Waals surface area contributed by atoms with Gasteiger partial charge in [-0.3, -0.25) is 9.97 Å². The molecule has 0 unspecified atom stereocenters. The molecule has 14 aromatic carbocycles. The molecule has 12 heteroatoms. The zero-order valence-electron chi connectivity index (χ0n) is 61.0. The first-order valence-electron chi connectivity index (χ1n) is 36.8. The molecule has 5 heterocycles. The van der Waals surface area contributed by atoms with Crippen LogP contribution in [0.2, 0.25) is 0 Å². The molecule has 0 atom stereocenters. The summed E-state index contributed by atoms with van der Waals surface area (Å²) in [6, 6.07) is 117. The molecule has 110 heavy (non-hydrogen) atoms. The fraction of sp³-hybridized carbons (Fsp3) is 0.0612. The molecule has 10 nitrogen and oxygen atoms in total. The van der Waals surface area contributed by atoms with Crippen molar-refractivity contribution < 1.29 is 9.31 Å². The summed E-state index contributed by atoms with van der Waals surface area (Å²) in [6.45, 7) is 8.31. The van der Waals surface area contributed by atoms with E-state index in [1.807, 2.05) is 116 Å². The van der Waals surface area contributed by atoms with Gasteiger partial charge in [0, 0.05) is 73.4 Å². The molecule has 0 amide bonds. The normalized spacial score (nSPS) is 12.8.